The van der Waals surface area contributed by atoms with E-state index in [-0.39, 0.29) is 5.41 Å². The van der Waals surface area contributed by atoms with Gasteiger partial charge in [-0.25, -0.2) is 4.98 Å². The number of aromatic nitrogens is 4. The van der Waals surface area contributed by atoms with Gasteiger partial charge >= 0.3 is 0 Å². The summed E-state index contributed by atoms with van der Waals surface area (Å²) in [6.07, 6.45) is 3.46. The molecule has 4 heteroatoms. The van der Waals surface area contributed by atoms with Crippen molar-refractivity contribution in [3.8, 4) is 0 Å². The Hall–Kier alpha value is -1.45. The largest absolute Gasteiger partial charge is 0.269 e. The highest BCUT2D eigenvalue weighted by molar-refractivity contribution is 5.36. The smallest absolute Gasteiger partial charge is 0.163 e. The molecule has 2 aromatic rings. The first-order chi connectivity index (χ1) is 6.09. The average Bonchev–Trinajstić information content (AvgIpc) is 2.45. The van der Waals surface area contributed by atoms with Crippen molar-refractivity contribution in [3.63, 3.8) is 0 Å². The van der Waals surface area contributed by atoms with Crippen molar-refractivity contribution in [1.29, 1.82) is 0 Å². The summed E-state index contributed by atoms with van der Waals surface area (Å²) in [6, 6.07) is 1.85. The molecule has 2 aromatic heterocycles. The van der Waals surface area contributed by atoms with Gasteiger partial charge in [-0.05, 0) is 0 Å². The second kappa shape index (κ2) is 2.52. The molecular formula is C9H12N4. The summed E-state index contributed by atoms with van der Waals surface area (Å²) in [5.74, 6) is 0.940. The topological polar surface area (TPSA) is 43.1 Å². The lowest BCUT2D eigenvalue weighted by molar-refractivity contribution is 0.537. The van der Waals surface area contributed by atoms with Crippen LogP contribution >= 0.6 is 0 Å². The monoisotopic (exact) mass is 176 g/mol. The van der Waals surface area contributed by atoms with Crippen LogP contribution in [0.2, 0.25) is 0 Å². The Morgan fingerprint density at radius 3 is 2.69 bits per heavy atom. The van der Waals surface area contributed by atoms with Gasteiger partial charge in [-0.2, -0.15) is 0 Å². The van der Waals surface area contributed by atoms with E-state index in [1.54, 1.807) is 12.5 Å². The molecule has 0 aliphatic rings. The fraction of sp³-hybridized carbons (Fsp3) is 0.444. The molecule has 0 radical (unpaired) electrons. The van der Waals surface area contributed by atoms with Crippen molar-refractivity contribution in [3.05, 3.63) is 24.4 Å². The molecule has 0 spiro atoms. The van der Waals surface area contributed by atoms with E-state index in [2.05, 4.69) is 36.0 Å². The quantitative estimate of drug-likeness (QED) is 0.609. The van der Waals surface area contributed by atoms with Crippen LogP contribution in [0.25, 0.3) is 5.65 Å². The fourth-order valence-electron chi connectivity index (χ4n) is 1.26. The molecule has 0 bridgehead atoms. The summed E-state index contributed by atoms with van der Waals surface area (Å²) >= 11 is 0. The zero-order valence-electron chi connectivity index (χ0n) is 8.02. The van der Waals surface area contributed by atoms with Crippen molar-refractivity contribution >= 4 is 5.65 Å². The third kappa shape index (κ3) is 1.28. The first-order valence-corrected chi connectivity index (χ1v) is 4.24. The van der Waals surface area contributed by atoms with Crippen LogP contribution in [-0.4, -0.2) is 19.6 Å². The van der Waals surface area contributed by atoms with Crippen LogP contribution in [0.15, 0.2) is 18.6 Å². The molecule has 0 saturated carbocycles. The van der Waals surface area contributed by atoms with E-state index in [0.29, 0.717) is 0 Å². The summed E-state index contributed by atoms with van der Waals surface area (Å²) < 4.78 is 1.92. The Morgan fingerprint density at radius 1 is 1.23 bits per heavy atom. The first kappa shape index (κ1) is 8.16. The Morgan fingerprint density at radius 2 is 2.00 bits per heavy atom. The summed E-state index contributed by atoms with van der Waals surface area (Å²) in [4.78, 5) is 4.04. The number of nitrogens with zero attached hydrogens (tertiary/aromatic N) is 4. The van der Waals surface area contributed by atoms with Crippen LogP contribution in [-0.2, 0) is 5.41 Å². The third-order valence-corrected chi connectivity index (χ3v) is 1.88. The molecule has 2 rings (SSSR count). The molecule has 0 N–H and O–H groups in total. The maximum atomic E-state index is 4.14. The minimum absolute atomic E-state index is 0.00243. The average molecular weight is 176 g/mol. The number of fused-ring (bicyclic) bond motifs is 1. The van der Waals surface area contributed by atoms with Crippen LogP contribution in [0.1, 0.15) is 26.6 Å². The Labute approximate surface area is 76.6 Å². The second-order valence-corrected chi connectivity index (χ2v) is 4.08. The van der Waals surface area contributed by atoms with Gasteiger partial charge in [-0.15, -0.1) is 10.2 Å². The first-order valence-electron chi connectivity index (χ1n) is 4.24. The zero-order valence-corrected chi connectivity index (χ0v) is 8.02. The van der Waals surface area contributed by atoms with E-state index in [4.69, 9.17) is 0 Å². The van der Waals surface area contributed by atoms with Crippen LogP contribution in [0.4, 0.5) is 0 Å². The highest BCUT2D eigenvalue weighted by Gasteiger charge is 2.20. The molecule has 0 aromatic carbocycles. The molecule has 0 aliphatic heterocycles. The minimum atomic E-state index is 0.00243. The molecule has 0 unspecified atom stereocenters. The predicted molar refractivity (Wildman–Crippen MR) is 49.5 cm³/mol. The molecule has 4 nitrogen and oxygen atoms in total. The second-order valence-electron chi connectivity index (χ2n) is 4.08. The van der Waals surface area contributed by atoms with Crippen LogP contribution < -0.4 is 0 Å². The maximum absolute atomic E-state index is 4.14. The number of hydrogen-bond acceptors (Lipinski definition) is 3. The van der Waals surface area contributed by atoms with Gasteiger partial charge in [0.2, 0.25) is 0 Å². The Bertz CT molecular complexity index is 424. The van der Waals surface area contributed by atoms with E-state index in [9.17, 15) is 0 Å². The standard InChI is InChI=1S/C9H12N4/c1-9(2,3)8-12-11-7-4-5-10-6-13(7)8/h4-6H,1-3H3. The van der Waals surface area contributed by atoms with Gasteiger partial charge in [0.25, 0.3) is 0 Å². The van der Waals surface area contributed by atoms with E-state index in [0.717, 1.165) is 11.5 Å². The van der Waals surface area contributed by atoms with Gasteiger partial charge in [-0.1, -0.05) is 20.8 Å². The van der Waals surface area contributed by atoms with E-state index < -0.39 is 0 Å². The van der Waals surface area contributed by atoms with E-state index >= 15 is 0 Å². The van der Waals surface area contributed by atoms with E-state index in [1.165, 1.54) is 0 Å². The van der Waals surface area contributed by atoms with Gasteiger partial charge in [0, 0.05) is 17.7 Å². The van der Waals surface area contributed by atoms with Crippen molar-refractivity contribution in [2.24, 2.45) is 0 Å². The number of rotatable bonds is 0. The van der Waals surface area contributed by atoms with Crippen molar-refractivity contribution in [2.45, 2.75) is 26.2 Å². The van der Waals surface area contributed by atoms with Crippen molar-refractivity contribution in [1.82, 2.24) is 19.6 Å². The highest BCUT2D eigenvalue weighted by Crippen LogP contribution is 2.19. The summed E-state index contributed by atoms with van der Waals surface area (Å²) in [5.41, 5.74) is 0.850. The van der Waals surface area contributed by atoms with Gasteiger partial charge in [-0.3, -0.25) is 4.40 Å². The SMILES string of the molecule is CC(C)(C)c1nnc2ccncn12. The molecule has 0 atom stereocenters. The fourth-order valence-corrected chi connectivity index (χ4v) is 1.26. The summed E-state index contributed by atoms with van der Waals surface area (Å²) in [7, 11) is 0. The lowest BCUT2D eigenvalue weighted by atomic mass is 9.96. The van der Waals surface area contributed by atoms with Crippen LogP contribution in [0.3, 0.4) is 0 Å². The molecule has 0 fully saturated rings. The number of hydrogen-bond donors (Lipinski definition) is 0. The molecule has 2 heterocycles. The lowest BCUT2D eigenvalue weighted by Gasteiger charge is -2.14. The van der Waals surface area contributed by atoms with Gasteiger partial charge in [0.1, 0.15) is 12.2 Å². The third-order valence-electron chi connectivity index (χ3n) is 1.88. The molecular weight excluding hydrogens is 164 g/mol. The van der Waals surface area contributed by atoms with Gasteiger partial charge < -0.3 is 0 Å². The predicted octanol–water partition coefficient (Wildman–Crippen LogP) is 1.42. The van der Waals surface area contributed by atoms with Crippen LogP contribution in [0.5, 0.6) is 0 Å². The minimum Gasteiger partial charge on any atom is -0.269 e. The molecule has 0 aliphatic carbocycles. The normalized spacial score (nSPS) is 12.2. The Balaban J connectivity index is 2.72. The van der Waals surface area contributed by atoms with Crippen LogP contribution in [0, 0.1) is 0 Å². The van der Waals surface area contributed by atoms with Gasteiger partial charge in [0.15, 0.2) is 5.65 Å². The molecule has 68 valence electrons. The maximum Gasteiger partial charge on any atom is 0.163 e. The van der Waals surface area contributed by atoms with E-state index in [1.807, 2.05) is 10.5 Å². The molecule has 0 amide bonds. The summed E-state index contributed by atoms with van der Waals surface area (Å²) in [6.45, 7) is 6.32. The van der Waals surface area contributed by atoms with Crippen molar-refractivity contribution < 1.29 is 0 Å². The summed E-state index contributed by atoms with van der Waals surface area (Å²) in [5, 5.41) is 8.20. The molecule has 0 saturated heterocycles. The lowest BCUT2D eigenvalue weighted by Crippen LogP contribution is -2.15. The highest BCUT2D eigenvalue weighted by atomic mass is 15.3. The Kier molecular flexibility index (Phi) is 1.58. The molecule has 13 heavy (non-hydrogen) atoms. The van der Waals surface area contributed by atoms with Crippen molar-refractivity contribution in [2.75, 3.05) is 0 Å². The zero-order chi connectivity index (χ0) is 9.47. The van der Waals surface area contributed by atoms with Gasteiger partial charge in [0.05, 0.1) is 0 Å².